The van der Waals surface area contributed by atoms with Gasteiger partial charge in [-0.05, 0) is 43.2 Å². The van der Waals surface area contributed by atoms with E-state index in [4.69, 9.17) is 0 Å². The summed E-state index contributed by atoms with van der Waals surface area (Å²) in [5, 5.41) is 0.236. The summed E-state index contributed by atoms with van der Waals surface area (Å²) >= 11 is 0. The van der Waals surface area contributed by atoms with Crippen LogP contribution in [-0.2, 0) is 13.0 Å². The van der Waals surface area contributed by atoms with Crippen LogP contribution in [0.5, 0.6) is 0 Å². The van der Waals surface area contributed by atoms with E-state index in [1.165, 1.54) is 12.1 Å². The molecule has 0 spiro atoms. The largest absolute Gasteiger partial charge is 0.347 e. The Morgan fingerprint density at radius 1 is 1.20 bits per heavy atom. The molecule has 4 rings (SSSR count). The minimum Gasteiger partial charge on any atom is -0.347 e. The van der Waals surface area contributed by atoms with Gasteiger partial charge < -0.3 is 9.47 Å². The smallest absolute Gasteiger partial charge is 0.263 e. The molecular weight excluding hydrogens is 319 g/mol. The highest BCUT2D eigenvalue weighted by Gasteiger charge is 2.27. The number of benzene rings is 2. The zero-order valence-electron chi connectivity index (χ0n) is 13.8. The molecule has 0 saturated heterocycles. The second kappa shape index (κ2) is 5.84. The molecule has 1 amide bonds. The lowest BCUT2D eigenvalue weighted by Gasteiger charge is -2.18. The van der Waals surface area contributed by atoms with E-state index in [-0.39, 0.29) is 16.9 Å². The van der Waals surface area contributed by atoms with Crippen molar-refractivity contribution < 1.29 is 9.18 Å². The van der Waals surface area contributed by atoms with Crippen molar-refractivity contribution in [2.75, 3.05) is 11.4 Å². The summed E-state index contributed by atoms with van der Waals surface area (Å²) in [6.45, 7) is 3.05. The van der Waals surface area contributed by atoms with E-state index in [9.17, 15) is 14.0 Å². The first-order valence-corrected chi connectivity index (χ1v) is 8.32. The Morgan fingerprint density at radius 3 is 2.80 bits per heavy atom. The van der Waals surface area contributed by atoms with Gasteiger partial charge in [-0.2, -0.15) is 0 Å². The summed E-state index contributed by atoms with van der Waals surface area (Å²) in [6, 6.07) is 11.8. The second-order valence-corrected chi connectivity index (χ2v) is 6.15. The third-order valence-electron chi connectivity index (χ3n) is 4.75. The number of hydrogen-bond acceptors (Lipinski definition) is 2. The Balaban J connectivity index is 1.88. The van der Waals surface area contributed by atoms with E-state index in [2.05, 4.69) is 0 Å². The van der Waals surface area contributed by atoms with E-state index in [0.29, 0.717) is 18.6 Å². The third-order valence-corrected chi connectivity index (χ3v) is 4.75. The zero-order chi connectivity index (χ0) is 17.6. The molecule has 2 aromatic carbocycles. The molecule has 4 nitrogen and oxygen atoms in total. The highest BCUT2D eigenvalue weighted by Crippen LogP contribution is 2.28. The van der Waals surface area contributed by atoms with Crippen molar-refractivity contribution in [3.8, 4) is 0 Å². The van der Waals surface area contributed by atoms with E-state index < -0.39 is 11.2 Å². The molecule has 0 radical (unpaired) electrons. The van der Waals surface area contributed by atoms with Crippen molar-refractivity contribution in [1.82, 2.24) is 4.57 Å². The molecule has 0 N–H and O–H groups in total. The fraction of sp³-hybridized carbons (Fsp3) is 0.200. The van der Waals surface area contributed by atoms with Gasteiger partial charge in [-0.15, -0.1) is 0 Å². The van der Waals surface area contributed by atoms with E-state index in [1.54, 1.807) is 17.2 Å². The SMILES string of the molecule is CCn1cc(C(=O)N2CCc3ccccc32)c(=O)c2cc(F)ccc21. The number of aromatic nitrogens is 1. The van der Waals surface area contributed by atoms with Crippen LogP contribution in [0, 0.1) is 5.82 Å². The fourth-order valence-corrected chi connectivity index (χ4v) is 3.48. The molecule has 2 heterocycles. The van der Waals surface area contributed by atoms with Gasteiger partial charge in [-0.3, -0.25) is 9.59 Å². The number of nitrogens with zero attached hydrogens (tertiary/aromatic N) is 2. The maximum absolute atomic E-state index is 13.6. The standard InChI is InChI=1S/C20H17FN2O2/c1-2-22-12-16(19(24)15-11-14(21)7-8-18(15)22)20(25)23-10-9-13-5-3-4-6-17(13)23/h3-8,11-12H,2,9-10H2,1H3. The number of aryl methyl sites for hydroxylation is 1. The number of hydrogen-bond donors (Lipinski definition) is 0. The highest BCUT2D eigenvalue weighted by molar-refractivity contribution is 6.08. The van der Waals surface area contributed by atoms with Crippen molar-refractivity contribution >= 4 is 22.5 Å². The number of carbonyl (C=O) groups excluding carboxylic acids is 1. The van der Waals surface area contributed by atoms with E-state index >= 15 is 0 Å². The van der Waals surface area contributed by atoms with E-state index in [1.807, 2.05) is 35.8 Å². The molecule has 0 atom stereocenters. The van der Waals surface area contributed by atoms with Gasteiger partial charge in [0.05, 0.1) is 5.52 Å². The molecule has 0 aliphatic carbocycles. The van der Waals surface area contributed by atoms with Crippen molar-refractivity contribution in [2.45, 2.75) is 19.9 Å². The van der Waals surface area contributed by atoms with Gasteiger partial charge in [-0.1, -0.05) is 18.2 Å². The summed E-state index contributed by atoms with van der Waals surface area (Å²) in [5.74, 6) is -0.813. The van der Waals surface area contributed by atoms with Gasteiger partial charge in [0, 0.05) is 30.4 Å². The van der Waals surface area contributed by atoms with Crippen LogP contribution in [0.1, 0.15) is 22.8 Å². The third kappa shape index (κ3) is 2.43. The topological polar surface area (TPSA) is 42.3 Å². The van der Waals surface area contributed by atoms with Crippen LogP contribution in [0.2, 0.25) is 0 Å². The molecule has 1 aliphatic rings. The van der Waals surface area contributed by atoms with Crippen LogP contribution < -0.4 is 10.3 Å². The molecule has 5 heteroatoms. The number of rotatable bonds is 2. The van der Waals surface area contributed by atoms with Crippen molar-refractivity contribution in [1.29, 1.82) is 0 Å². The number of para-hydroxylation sites is 1. The molecular formula is C20H17FN2O2. The first kappa shape index (κ1) is 15.6. The highest BCUT2D eigenvalue weighted by atomic mass is 19.1. The summed E-state index contributed by atoms with van der Waals surface area (Å²) in [7, 11) is 0. The summed E-state index contributed by atoms with van der Waals surface area (Å²) in [4.78, 5) is 27.5. The zero-order valence-corrected chi connectivity index (χ0v) is 13.8. The Hall–Kier alpha value is -2.95. The maximum atomic E-state index is 13.6. The lowest BCUT2D eigenvalue weighted by atomic mass is 10.1. The number of halogens is 1. The predicted octanol–water partition coefficient (Wildman–Crippen LogP) is 3.36. The lowest BCUT2D eigenvalue weighted by molar-refractivity contribution is 0.0988. The molecule has 0 saturated carbocycles. The second-order valence-electron chi connectivity index (χ2n) is 6.15. The number of pyridine rings is 1. The fourth-order valence-electron chi connectivity index (χ4n) is 3.48. The molecule has 0 fully saturated rings. The summed E-state index contributed by atoms with van der Waals surface area (Å²) in [6.07, 6.45) is 2.36. The number of carbonyl (C=O) groups is 1. The van der Waals surface area contributed by atoms with Gasteiger partial charge in [0.2, 0.25) is 5.43 Å². The average molecular weight is 336 g/mol. The molecule has 1 aliphatic heterocycles. The average Bonchev–Trinajstić information content (AvgIpc) is 3.06. The molecule has 3 aromatic rings. The molecule has 0 bridgehead atoms. The molecule has 126 valence electrons. The van der Waals surface area contributed by atoms with Gasteiger partial charge >= 0.3 is 0 Å². The summed E-state index contributed by atoms with van der Waals surface area (Å²) < 4.78 is 15.5. The quantitative estimate of drug-likeness (QED) is 0.720. The van der Waals surface area contributed by atoms with Gasteiger partial charge in [0.25, 0.3) is 5.91 Å². The van der Waals surface area contributed by atoms with Crippen molar-refractivity contribution in [3.05, 3.63) is 75.8 Å². The normalized spacial score (nSPS) is 13.3. The molecule has 0 unspecified atom stereocenters. The molecule has 25 heavy (non-hydrogen) atoms. The van der Waals surface area contributed by atoms with Crippen LogP contribution in [0.3, 0.4) is 0 Å². The summed E-state index contributed by atoms with van der Waals surface area (Å²) in [5.41, 5.74) is 2.23. The maximum Gasteiger partial charge on any atom is 0.263 e. The Morgan fingerprint density at radius 2 is 2.00 bits per heavy atom. The number of fused-ring (bicyclic) bond motifs is 2. The Kier molecular flexibility index (Phi) is 3.64. The van der Waals surface area contributed by atoms with Crippen LogP contribution >= 0.6 is 0 Å². The Labute approximate surface area is 144 Å². The van der Waals surface area contributed by atoms with Crippen LogP contribution in [0.15, 0.2) is 53.5 Å². The van der Waals surface area contributed by atoms with Gasteiger partial charge in [0.1, 0.15) is 11.4 Å². The van der Waals surface area contributed by atoms with Crippen LogP contribution in [0.25, 0.3) is 10.9 Å². The van der Waals surface area contributed by atoms with Crippen LogP contribution in [-0.4, -0.2) is 17.0 Å². The van der Waals surface area contributed by atoms with Crippen LogP contribution in [0.4, 0.5) is 10.1 Å². The number of amides is 1. The minimum absolute atomic E-state index is 0.0802. The predicted molar refractivity (Wildman–Crippen MR) is 95.7 cm³/mol. The van der Waals surface area contributed by atoms with Crippen molar-refractivity contribution in [2.24, 2.45) is 0 Å². The first-order valence-electron chi connectivity index (χ1n) is 8.32. The first-order chi connectivity index (χ1) is 12.1. The minimum atomic E-state index is -0.483. The monoisotopic (exact) mass is 336 g/mol. The van der Waals surface area contributed by atoms with E-state index in [0.717, 1.165) is 17.7 Å². The number of anilines is 1. The van der Waals surface area contributed by atoms with Gasteiger partial charge in [0.15, 0.2) is 0 Å². The van der Waals surface area contributed by atoms with Crippen molar-refractivity contribution in [3.63, 3.8) is 0 Å². The molecule has 1 aromatic heterocycles. The lowest BCUT2D eigenvalue weighted by Crippen LogP contribution is -2.33. The van der Waals surface area contributed by atoms with Gasteiger partial charge in [-0.25, -0.2) is 4.39 Å². The Bertz CT molecular complexity index is 1060.